The normalized spacial score (nSPS) is 12.6. The number of fused-ring (bicyclic) bond motifs is 1. The molecule has 0 fully saturated rings. The molecule has 0 amide bonds. The quantitative estimate of drug-likeness (QED) is 0.863. The number of hydrogen-bond donors (Lipinski definition) is 1. The molecule has 0 bridgehead atoms. The molecule has 1 heterocycles. The average molecular weight is 235 g/mol. The summed E-state index contributed by atoms with van der Waals surface area (Å²) in [6.07, 6.45) is 1.36. The highest BCUT2D eigenvalue weighted by atomic mass is 19.1. The topological polar surface area (TPSA) is 59.3 Å². The monoisotopic (exact) mass is 235 g/mol. The molecule has 1 N–H and O–H groups in total. The van der Waals surface area contributed by atoms with Gasteiger partial charge in [-0.3, -0.25) is 4.79 Å². The van der Waals surface area contributed by atoms with Gasteiger partial charge in [0.25, 0.3) is 5.56 Å². The number of hydrogen-bond acceptors (Lipinski definition) is 2. The number of rotatable bonds is 2. The lowest BCUT2D eigenvalue weighted by molar-refractivity contribution is -0.140. The average Bonchev–Trinajstić information content (AvgIpc) is 2.28. The van der Waals surface area contributed by atoms with Crippen LogP contribution in [0.1, 0.15) is 13.0 Å². The van der Waals surface area contributed by atoms with Gasteiger partial charge in [0.1, 0.15) is 11.9 Å². The molecule has 1 aromatic carbocycles. The van der Waals surface area contributed by atoms with Gasteiger partial charge in [-0.05, 0) is 36.6 Å². The Morgan fingerprint density at radius 1 is 1.41 bits per heavy atom. The number of aliphatic carboxylic acids is 1. The molecule has 2 aromatic rings. The number of carboxylic acid groups (broad SMARTS) is 1. The van der Waals surface area contributed by atoms with Crippen LogP contribution in [0.15, 0.2) is 35.3 Å². The van der Waals surface area contributed by atoms with Crippen molar-refractivity contribution in [2.24, 2.45) is 0 Å². The van der Waals surface area contributed by atoms with E-state index in [1.165, 1.54) is 37.4 Å². The largest absolute Gasteiger partial charge is 0.480 e. The number of carboxylic acids is 1. The summed E-state index contributed by atoms with van der Waals surface area (Å²) in [6, 6.07) is 4.36. The lowest BCUT2D eigenvalue weighted by Crippen LogP contribution is -2.27. The smallest absolute Gasteiger partial charge is 0.326 e. The van der Waals surface area contributed by atoms with Crippen molar-refractivity contribution in [3.63, 3.8) is 0 Å². The van der Waals surface area contributed by atoms with Crippen LogP contribution in [-0.4, -0.2) is 15.6 Å². The van der Waals surface area contributed by atoms with Gasteiger partial charge in [0.05, 0.1) is 0 Å². The molecular formula is C12H10FNO3. The van der Waals surface area contributed by atoms with Gasteiger partial charge in [0.2, 0.25) is 0 Å². The molecule has 0 aliphatic heterocycles. The fourth-order valence-corrected chi connectivity index (χ4v) is 1.66. The molecule has 1 atom stereocenters. The predicted octanol–water partition coefficient (Wildman–Crippen LogP) is 1.79. The molecule has 88 valence electrons. The second-order valence-corrected chi connectivity index (χ2v) is 3.77. The Hall–Kier alpha value is -2.17. The van der Waals surface area contributed by atoms with Crippen LogP contribution in [-0.2, 0) is 4.79 Å². The fourth-order valence-electron chi connectivity index (χ4n) is 1.66. The summed E-state index contributed by atoms with van der Waals surface area (Å²) >= 11 is 0. The lowest BCUT2D eigenvalue weighted by Gasteiger charge is -2.11. The van der Waals surface area contributed by atoms with E-state index in [-0.39, 0.29) is 0 Å². The van der Waals surface area contributed by atoms with E-state index in [4.69, 9.17) is 5.11 Å². The van der Waals surface area contributed by atoms with Crippen LogP contribution in [0.2, 0.25) is 0 Å². The number of aromatic nitrogens is 1. The zero-order valence-electron chi connectivity index (χ0n) is 9.05. The SMILES string of the molecule is C[C@H](C(=O)O)n1ccc2cc(F)ccc2c1=O. The molecule has 17 heavy (non-hydrogen) atoms. The van der Waals surface area contributed by atoms with Crippen molar-refractivity contribution in [1.82, 2.24) is 4.57 Å². The highest BCUT2D eigenvalue weighted by Gasteiger charge is 2.15. The van der Waals surface area contributed by atoms with Crippen LogP contribution in [0.3, 0.4) is 0 Å². The van der Waals surface area contributed by atoms with Crippen molar-refractivity contribution in [2.75, 3.05) is 0 Å². The van der Waals surface area contributed by atoms with Crippen molar-refractivity contribution >= 4 is 16.7 Å². The van der Waals surface area contributed by atoms with E-state index in [0.29, 0.717) is 10.8 Å². The van der Waals surface area contributed by atoms with E-state index in [1.54, 1.807) is 0 Å². The van der Waals surface area contributed by atoms with Gasteiger partial charge in [-0.25, -0.2) is 9.18 Å². The number of carbonyl (C=O) groups is 1. The maximum atomic E-state index is 13.0. The van der Waals surface area contributed by atoms with E-state index in [1.807, 2.05) is 0 Å². The molecular weight excluding hydrogens is 225 g/mol. The van der Waals surface area contributed by atoms with Crippen LogP contribution in [0.4, 0.5) is 4.39 Å². The van der Waals surface area contributed by atoms with Crippen LogP contribution in [0, 0.1) is 5.82 Å². The Bertz CT molecular complexity index is 648. The second-order valence-electron chi connectivity index (χ2n) is 3.77. The van der Waals surface area contributed by atoms with Crippen molar-refractivity contribution in [1.29, 1.82) is 0 Å². The molecule has 0 aliphatic carbocycles. The Morgan fingerprint density at radius 3 is 2.76 bits per heavy atom. The molecule has 0 saturated carbocycles. The maximum absolute atomic E-state index is 13.0. The molecule has 1 aromatic heterocycles. The number of halogens is 1. The Balaban J connectivity index is 2.70. The van der Waals surface area contributed by atoms with Crippen molar-refractivity contribution in [3.8, 4) is 0 Å². The Morgan fingerprint density at radius 2 is 2.12 bits per heavy atom. The predicted molar refractivity (Wildman–Crippen MR) is 60.5 cm³/mol. The van der Waals surface area contributed by atoms with Gasteiger partial charge in [-0.15, -0.1) is 0 Å². The zero-order chi connectivity index (χ0) is 12.6. The van der Waals surface area contributed by atoms with E-state index in [9.17, 15) is 14.0 Å². The first-order valence-electron chi connectivity index (χ1n) is 5.04. The highest BCUT2D eigenvalue weighted by Crippen LogP contribution is 2.13. The van der Waals surface area contributed by atoms with E-state index < -0.39 is 23.4 Å². The summed E-state index contributed by atoms with van der Waals surface area (Å²) in [5.41, 5.74) is -0.433. The molecule has 5 heteroatoms. The third kappa shape index (κ3) is 1.91. The van der Waals surface area contributed by atoms with Crippen molar-refractivity contribution in [2.45, 2.75) is 13.0 Å². The molecule has 0 unspecified atom stereocenters. The number of pyridine rings is 1. The minimum absolute atomic E-state index is 0.307. The van der Waals surface area contributed by atoms with Crippen LogP contribution >= 0.6 is 0 Å². The van der Waals surface area contributed by atoms with E-state index in [0.717, 1.165) is 4.57 Å². The van der Waals surface area contributed by atoms with Gasteiger partial charge in [-0.1, -0.05) is 0 Å². The van der Waals surface area contributed by atoms with Crippen LogP contribution in [0.5, 0.6) is 0 Å². The Labute approximate surface area is 95.9 Å². The zero-order valence-corrected chi connectivity index (χ0v) is 9.05. The fraction of sp³-hybridized carbons (Fsp3) is 0.167. The summed E-state index contributed by atoms with van der Waals surface area (Å²) in [4.78, 5) is 22.8. The summed E-state index contributed by atoms with van der Waals surface area (Å²) in [6.45, 7) is 1.42. The third-order valence-electron chi connectivity index (χ3n) is 2.67. The van der Waals surface area contributed by atoms with Crippen LogP contribution in [0.25, 0.3) is 10.8 Å². The van der Waals surface area contributed by atoms with E-state index >= 15 is 0 Å². The summed E-state index contributed by atoms with van der Waals surface area (Å²) in [5, 5.41) is 9.63. The molecule has 0 spiro atoms. The van der Waals surface area contributed by atoms with Crippen molar-refractivity contribution in [3.05, 3.63) is 46.6 Å². The lowest BCUT2D eigenvalue weighted by atomic mass is 10.1. The third-order valence-corrected chi connectivity index (χ3v) is 2.67. The number of benzene rings is 1. The van der Waals surface area contributed by atoms with Gasteiger partial charge < -0.3 is 9.67 Å². The highest BCUT2D eigenvalue weighted by molar-refractivity contribution is 5.82. The molecule has 0 radical (unpaired) electrons. The minimum Gasteiger partial charge on any atom is -0.480 e. The first kappa shape index (κ1) is 11.3. The van der Waals surface area contributed by atoms with Gasteiger partial charge in [0.15, 0.2) is 0 Å². The standard InChI is InChI=1S/C12H10FNO3/c1-7(12(16)17)14-5-4-8-6-9(13)2-3-10(8)11(14)15/h2-7H,1H3,(H,16,17)/t7-/m1/s1. The van der Waals surface area contributed by atoms with E-state index in [2.05, 4.69) is 0 Å². The molecule has 0 aliphatic rings. The second kappa shape index (κ2) is 4.01. The maximum Gasteiger partial charge on any atom is 0.326 e. The molecule has 0 saturated heterocycles. The van der Waals surface area contributed by atoms with Gasteiger partial charge >= 0.3 is 5.97 Å². The first-order chi connectivity index (χ1) is 8.00. The van der Waals surface area contributed by atoms with Gasteiger partial charge in [-0.2, -0.15) is 0 Å². The Kier molecular flexibility index (Phi) is 2.67. The molecule has 4 nitrogen and oxygen atoms in total. The minimum atomic E-state index is -1.09. The van der Waals surface area contributed by atoms with Gasteiger partial charge in [0, 0.05) is 11.6 Å². The first-order valence-corrected chi connectivity index (χ1v) is 5.04. The summed E-state index contributed by atoms with van der Waals surface area (Å²) in [7, 11) is 0. The summed E-state index contributed by atoms with van der Waals surface area (Å²) < 4.78 is 14.1. The van der Waals surface area contributed by atoms with Crippen molar-refractivity contribution < 1.29 is 14.3 Å². The number of nitrogens with zero attached hydrogens (tertiary/aromatic N) is 1. The van der Waals surface area contributed by atoms with Crippen LogP contribution < -0.4 is 5.56 Å². The molecule has 2 rings (SSSR count). The summed E-state index contributed by atoms with van der Waals surface area (Å²) in [5.74, 6) is -1.52.